The fourth-order valence-corrected chi connectivity index (χ4v) is 1.85. The number of nitrogens with zero attached hydrogens (tertiary/aromatic N) is 1. The van der Waals surface area contributed by atoms with Crippen molar-refractivity contribution in [3.8, 4) is 0 Å². The van der Waals surface area contributed by atoms with E-state index >= 15 is 0 Å². The van der Waals surface area contributed by atoms with Crippen molar-refractivity contribution in [2.24, 2.45) is 10.7 Å². The minimum Gasteiger partial charge on any atom is -0.383 e. The van der Waals surface area contributed by atoms with Gasteiger partial charge in [0.15, 0.2) is 0 Å². The number of aliphatic imine (C=N–C) groups is 1. The molecule has 0 amide bonds. The number of benzene rings is 1. The standard InChI is InChI=1S/C15H24N2/c1-3-4-5-7-10-13(2)17-15(16)14-11-8-6-9-12-14/h6,8-9,11-13H,3-5,7,10H2,1-2H3,(H2,16,17). The summed E-state index contributed by atoms with van der Waals surface area (Å²) in [5.74, 6) is 0.661. The van der Waals surface area contributed by atoms with Crippen LogP contribution in [-0.4, -0.2) is 11.9 Å². The summed E-state index contributed by atoms with van der Waals surface area (Å²) in [6.45, 7) is 4.37. The van der Waals surface area contributed by atoms with Crippen LogP contribution in [0.1, 0.15) is 51.5 Å². The molecule has 94 valence electrons. The van der Waals surface area contributed by atoms with Gasteiger partial charge < -0.3 is 5.73 Å². The molecule has 0 heterocycles. The normalized spacial score (nSPS) is 13.6. The van der Waals surface area contributed by atoms with Crippen LogP contribution in [0.5, 0.6) is 0 Å². The third-order valence-corrected chi connectivity index (χ3v) is 2.90. The van der Waals surface area contributed by atoms with Crippen LogP contribution in [0.2, 0.25) is 0 Å². The zero-order valence-electron chi connectivity index (χ0n) is 11.0. The molecule has 0 bridgehead atoms. The molecule has 0 aliphatic carbocycles. The van der Waals surface area contributed by atoms with Crippen LogP contribution < -0.4 is 5.73 Å². The van der Waals surface area contributed by atoms with E-state index in [0.717, 1.165) is 12.0 Å². The summed E-state index contributed by atoms with van der Waals surface area (Å²) < 4.78 is 0. The summed E-state index contributed by atoms with van der Waals surface area (Å²) in [6.07, 6.45) is 6.30. The molecule has 17 heavy (non-hydrogen) atoms. The van der Waals surface area contributed by atoms with Gasteiger partial charge in [0.05, 0.1) is 0 Å². The summed E-state index contributed by atoms with van der Waals surface area (Å²) in [6, 6.07) is 10.3. The Morgan fingerprint density at radius 3 is 2.53 bits per heavy atom. The zero-order valence-corrected chi connectivity index (χ0v) is 11.0. The van der Waals surface area contributed by atoms with Crippen molar-refractivity contribution in [3.05, 3.63) is 35.9 Å². The SMILES string of the molecule is CCCCCCC(C)N=C(N)c1ccccc1. The molecule has 1 rings (SSSR count). The minimum absolute atomic E-state index is 0.326. The molecular weight excluding hydrogens is 208 g/mol. The highest BCUT2D eigenvalue weighted by Crippen LogP contribution is 2.08. The topological polar surface area (TPSA) is 38.4 Å². The monoisotopic (exact) mass is 232 g/mol. The lowest BCUT2D eigenvalue weighted by Crippen LogP contribution is -2.16. The number of unbranched alkanes of at least 4 members (excludes halogenated alkanes) is 3. The molecule has 1 aromatic rings. The van der Waals surface area contributed by atoms with Gasteiger partial charge >= 0.3 is 0 Å². The second kappa shape index (κ2) is 7.88. The Morgan fingerprint density at radius 2 is 1.88 bits per heavy atom. The molecular formula is C15H24N2. The van der Waals surface area contributed by atoms with Crippen molar-refractivity contribution in [1.29, 1.82) is 0 Å². The average Bonchev–Trinajstić information content (AvgIpc) is 2.36. The van der Waals surface area contributed by atoms with Crippen molar-refractivity contribution in [3.63, 3.8) is 0 Å². The van der Waals surface area contributed by atoms with Crippen molar-refractivity contribution in [2.75, 3.05) is 0 Å². The van der Waals surface area contributed by atoms with E-state index in [1.54, 1.807) is 0 Å². The predicted molar refractivity (Wildman–Crippen MR) is 75.4 cm³/mol. The van der Waals surface area contributed by atoms with Gasteiger partial charge in [-0.25, -0.2) is 0 Å². The fourth-order valence-electron chi connectivity index (χ4n) is 1.85. The van der Waals surface area contributed by atoms with Gasteiger partial charge in [-0.15, -0.1) is 0 Å². The molecule has 1 unspecified atom stereocenters. The van der Waals surface area contributed by atoms with Crippen LogP contribution in [0.4, 0.5) is 0 Å². The number of hydrogen-bond acceptors (Lipinski definition) is 1. The maximum absolute atomic E-state index is 5.98. The number of rotatable bonds is 7. The molecule has 0 spiro atoms. The van der Waals surface area contributed by atoms with Crippen LogP contribution in [-0.2, 0) is 0 Å². The van der Waals surface area contributed by atoms with Gasteiger partial charge in [-0.2, -0.15) is 0 Å². The van der Waals surface area contributed by atoms with E-state index in [9.17, 15) is 0 Å². The highest BCUT2D eigenvalue weighted by atomic mass is 14.9. The quantitative estimate of drug-likeness (QED) is 0.434. The molecule has 0 aliphatic heterocycles. The van der Waals surface area contributed by atoms with Crippen molar-refractivity contribution in [1.82, 2.24) is 0 Å². The lowest BCUT2D eigenvalue weighted by molar-refractivity contribution is 0.576. The van der Waals surface area contributed by atoms with E-state index in [4.69, 9.17) is 5.73 Å². The molecule has 2 N–H and O–H groups in total. The Labute approximate surface area is 105 Å². The first-order valence-corrected chi connectivity index (χ1v) is 6.62. The largest absolute Gasteiger partial charge is 0.383 e. The third kappa shape index (κ3) is 5.53. The van der Waals surface area contributed by atoms with E-state index in [1.807, 2.05) is 30.3 Å². The first-order valence-electron chi connectivity index (χ1n) is 6.62. The van der Waals surface area contributed by atoms with Gasteiger partial charge in [0.25, 0.3) is 0 Å². The van der Waals surface area contributed by atoms with E-state index in [-0.39, 0.29) is 0 Å². The lowest BCUT2D eigenvalue weighted by Gasteiger charge is -2.08. The summed E-state index contributed by atoms with van der Waals surface area (Å²) in [7, 11) is 0. The molecule has 0 fully saturated rings. The Balaban J connectivity index is 2.40. The second-order valence-corrected chi connectivity index (χ2v) is 4.58. The smallest absolute Gasteiger partial charge is 0.125 e. The second-order valence-electron chi connectivity index (χ2n) is 4.58. The third-order valence-electron chi connectivity index (χ3n) is 2.90. The highest BCUT2D eigenvalue weighted by molar-refractivity contribution is 5.97. The van der Waals surface area contributed by atoms with Crippen LogP contribution in [0, 0.1) is 0 Å². The Kier molecular flexibility index (Phi) is 6.38. The Hall–Kier alpha value is -1.31. The zero-order chi connectivity index (χ0) is 12.5. The van der Waals surface area contributed by atoms with Gasteiger partial charge in [-0.3, -0.25) is 4.99 Å². The molecule has 1 atom stereocenters. The highest BCUT2D eigenvalue weighted by Gasteiger charge is 2.02. The maximum Gasteiger partial charge on any atom is 0.125 e. The lowest BCUT2D eigenvalue weighted by atomic mass is 10.1. The van der Waals surface area contributed by atoms with E-state index in [0.29, 0.717) is 11.9 Å². The van der Waals surface area contributed by atoms with E-state index in [1.165, 1.54) is 25.7 Å². The number of nitrogens with two attached hydrogens (primary N) is 1. The molecule has 0 saturated carbocycles. The molecule has 0 aliphatic rings. The predicted octanol–water partition coefficient (Wildman–Crippen LogP) is 3.75. The van der Waals surface area contributed by atoms with E-state index in [2.05, 4.69) is 18.8 Å². The van der Waals surface area contributed by atoms with Crippen molar-refractivity contribution < 1.29 is 0 Å². The molecule has 2 nitrogen and oxygen atoms in total. The molecule has 1 aromatic carbocycles. The number of hydrogen-bond donors (Lipinski definition) is 1. The first kappa shape index (κ1) is 13.8. The Morgan fingerprint density at radius 1 is 1.18 bits per heavy atom. The molecule has 0 saturated heterocycles. The van der Waals surface area contributed by atoms with Crippen LogP contribution in [0.3, 0.4) is 0 Å². The molecule has 2 heteroatoms. The molecule has 0 aromatic heterocycles. The van der Waals surface area contributed by atoms with E-state index < -0.39 is 0 Å². The minimum atomic E-state index is 0.326. The first-order chi connectivity index (χ1) is 8.24. The van der Waals surface area contributed by atoms with Crippen LogP contribution in [0.15, 0.2) is 35.3 Å². The summed E-state index contributed by atoms with van der Waals surface area (Å²) >= 11 is 0. The van der Waals surface area contributed by atoms with Crippen molar-refractivity contribution >= 4 is 5.84 Å². The summed E-state index contributed by atoms with van der Waals surface area (Å²) in [4.78, 5) is 4.54. The summed E-state index contributed by atoms with van der Waals surface area (Å²) in [5, 5.41) is 0. The maximum atomic E-state index is 5.98. The summed E-state index contributed by atoms with van der Waals surface area (Å²) in [5.41, 5.74) is 7.00. The van der Waals surface area contributed by atoms with Gasteiger partial charge in [-0.1, -0.05) is 62.9 Å². The van der Waals surface area contributed by atoms with Gasteiger partial charge in [0, 0.05) is 11.6 Å². The Bertz CT molecular complexity index is 330. The number of amidine groups is 1. The molecule has 0 radical (unpaired) electrons. The van der Waals surface area contributed by atoms with Crippen LogP contribution >= 0.6 is 0 Å². The van der Waals surface area contributed by atoms with Crippen LogP contribution in [0.25, 0.3) is 0 Å². The fraction of sp³-hybridized carbons (Fsp3) is 0.533. The van der Waals surface area contributed by atoms with Gasteiger partial charge in [0.2, 0.25) is 0 Å². The van der Waals surface area contributed by atoms with Gasteiger partial charge in [0.1, 0.15) is 5.84 Å². The van der Waals surface area contributed by atoms with Gasteiger partial charge in [-0.05, 0) is 13.3 Å². The van der Waals surface area contributed by atoms with Crippen molar-refractivity contribution in [2.45, 2.75) is 52.0 Å². The average molecular weight is 232 g/mol.